The molecule has 0 atom stereocenters. The van der Waals surface area contributed by atoms with Crippen LogP contribution in [-0.2, 0) is 11.2 Å². The maximum atomic E-state index is 13.2. The molecule has 1 heterocycles. The summed E-state index contributed by atoms with van der Waals surface area (Å²) in [7, 11) is 0. The molecule has 1 saturated heterocycles. The first-order valence-electron chi connectivity index (χ1n) is 9.60. The quantitative estimate of drug-likeness (QED) is 0.423. The van der Waals surface area contributed by atoms with Crippen LogP contribution >= 0.6 is 0 Å². The van der Waals surface area contributed by atoms with E-state index in [9.17, 15) is 4.39 Å². The smallest absolute Gasteiger partial charge is 0.191 e. The molecule has 2 N–H and O–H groups in total. The minimum absolute atomic E-state index is 0.00764. The summed E-state index contributed by atoms with van der Waals surface area (Å²) < 4.78 is 18.7. The van der Waals surface area contributed by atoms with Crippen molar-refractivity contribution >= 4 is 5.96 Å². The zero-order valence-corrected chi connectivity index (χ0v) is 16.4. The van der Waals surface area contributed by atoms with Crippen molar-refractivity contribution in [2.75, 3.05) is 45.9 Å². The third-order valence-electron chi connectivity index (χ3n) is 4.66. The Morgan fingerprint density at radius 1 is 1.27 bits per heavy atom. The molecule has 0 radical (unpaired) electrons. The van der Waals surface area contributed by atoms with Crippen LogP contribution < -0.4 is 10.6 Å². The molecule has 0 aromatic heterocycles. The summed E-state index contributed by atoms with van der Waals surface area (Å²) in [5.41, 5.74) is 1.04. The lowest BCUT2D eigenvalue weighted by Crippen LogP contribution is -2.52. The van der Waals surface area contributed by atoms with Crippen molar-refractivity contribution in [1.29, 1.82) is 0 Å². The van der Waals surface area contributed by atoms with Crippen molar-refractivity contribution in [2.24, 2.45) is 4.99 Å². The number of rotatable bonds is 8. The van der Waals surface area contributed by atoms with Crippen LogP contribution in [0.15, 0.2) is 29.3 Å². The first kappa shape index (κ1) is 20.6. The van der Waals surface area contributed by atoms with Crippen molar-refractivity contribution in [3.05, 3.63) is 35.6 Å². The van der Waals surface area contributed by atoms with E-state index in [0.29, 0.717) is 0 Å². The van der Waals surface area contributed by atoms with Crippen LogP contribution in [0.3, 0.4) is 0 Å². The Labute approximate surface area is 157 Å². The first-order chi connectivity index (χ1) is 12.5. The number of aliphatic imine (C=N–C) groups is 1. The summed E-state index contributed by atoms with van der Waals surface area (Å²) in [6, 6.07) is 6.81. The number of hydrogen-bond donors (Lipinski definition) is 2. The Kier molecular flexibility index (Phi) is 8.32. The fourth-order valence-corrected chi connectivity index (χ4v) is 3.07. The van der Waals surface area contributed by atoms with E-state index in [1.807, 2.05) is 6.07 Å². The molecule has 1 aromatic carbocycles. The van der Waals surface area contributed by atoms with E-state index < -0.39 is 0 Å². The van der Waals surface area contributed by atoms with E-state index in [0.717, 1.165) is 70.3 Å². The number of aryl methyl sites for hydroxylation is 1. The molecular formula is C20H33FN4O. The molecule has 0 saturated carbocycles. The molecular weight excluding hydrogens is 331 g/mol. The number of ether oxygens (including phenoxy) is 1. The highest BCUT2D eigenvalue weighted by molar-refractivity contribution is 5.79. The molecule has 6 heteroatoms. The maximum absolute atomic E-state index is 13.2. The molecule has 5 nitrogen and oxygen atoms in total. The van der Waals surface area contributed by atoms with Gasteiger partial charge in [-0.1, -0.05) is 12.1 Å². The predicted octanol–water partition coefficient (Wildman–Crippen LogP) is 2.42. The van der Waals surface area contributed by atoms with Gasteiger partial charge in [-0.2, -0.15) is 0 Å². The van der Waals surface area contributed by atoms with Gasteiger partial charge in [0.1, 0.15) is 5.82 Å². The van der Waals surface area contributed by atoms with Crippen LogP contribution in [0.1, 0.15) is 32.8 Å². The Morgan fingerprint density at radius 3 is 2.73 bits per heavy atom. The lowest BCUT2D eigenvalue weighted by molar-refractivity contribution is -0.00683. The van der Waals surface area contributed by atoms with Gasteiger partial charge in [0.15, 0.2) is 5.96 Å². The topological polar surface area (TPSA) is 48.9 Å². The highest BCUT2D eigenvalue weighted by Gasteiger charge is 2.28. The summed E-state index contributed by atoms with van der Waals surface area (Å²) in [4.78, 5) is 7.21. The van der Waals surface area contributed by atoms with Crippen LogP contribution in [0.25, 0.3) is 0 Å². The van der Waals surface area contributed by atoms with E-state index in [1.54, 1.807) is 12.1 Å². The lowest BCUT2D eigenvalue weighted by atomic mass is 10.0. The molecule has 0 aliphatic carbocycles. The van der Waals surface area contributed by atoms with Gasteiger partial charge in [0, 0.05) is 31.7 Å². The maximum Gasteiger partial charge on any atom is 0.191 e. The second kappa shape index (κ2) is 10.5. The standard InChI is InChI=1S/C20H33FN4O/c1-4-22-19(23-10-6-8-17-7-5-9-18(21)15-17)24-16-20(2,3)25-11-13-26-14-12-25/h5,7,9,15H,4,6,8,10-14,16H2,1-3H3,(H2,22,23,24). The molecule has 1 aliphatic heterocycles. The number of morpholine rings is 1. The summed E-state index contributed by atoms with van der Waals surface area (Å²) in [6.45, 7) is 12.4. The number of hydrogen-bond acceptors (Lipinski definition) is 3. The molecule has 26 heavy (non-hydrogen) atoms. The van der Waals surface area contributed by atoms with E-state index in [4.69, 9.17) is 9.73 Å². The molecule has 2 rings (SSSR count). The molecule has 0 bridgehead atoms. The number of guanidine groups is 1. The average Bonchev–Trinajstić information content (AvgIpc) is 2.64. The minimum Gasteiger partial charge on any atom is -0.379 e. The monoisotopic (exact) mass is 364 g/mol. The molecule has 0 spiro atoms. The number of benzene rings is 1. The highest BCUT2D eigenvalue weighted by atomic mass is 19.1. The summed E-state index contributed by atoms with van der Waals surface area (Å²) in [6.07, 6.45) is 1.78. The zero-order chi connectivity index (χ0) is 18.8. The molecule has 1 aliphatic rings. The lowest BCUT2D eigenvalue weighted by Gasteiger charge is -2.39. The van der Waals surface area contributed by atoms with Gasteiger partial charge in [0.2, 0.25) is 0 Å². The molecule has 1 fully saturated rings. The van der Waals surface area contributed by atoms with Crippen LogP contribution in [0.2, 0.25) is 0 Å². The number of nitrogens with zero attached hydrogens (tertiary/aromatic N) is 2. The number of halogens is 1. The summed E-state index contributed by atoms with van der Waals surface area (Å²) >= 11 is 0. The van der Waals surface area contributed by atoms with Gasteiger partial charge >= 0.3 is 0 Å². The van der Waals surface area contributed by atoms with Gasteiger partial charge < -0.3 is 15.4 Å². The van der Waals surface area contributed by atoms with Crippen molar-refractivity contribution < 1.29 is 9.13 Å². The zero-order valence-electron chi connectivity index (χ0n) is 16.4. The van der Waals surface area contributed by atoms with Gasteiger partial charge in [-0.05, 0) is 51.3 Å². The average molecular weight is 365 g/mol. The highest BCUT2D eigenvalue weighted by Crippen LogP contribution is 2.16. The fraction of sp³-hybridized carbons (Fsp3) is 0.650. The van der Waals surface area contributed by atoms with Gasteiger partial charge in [-0.3, -0.25) is 9.89 Å². The Bertz CT molecular complexity index is 571. The van der Waals surface area contributed by atoms with Crippen LogP contribution in [0.4, 0.5) is 4.39 Å². The molecule has 146 valence electrons. The second-order valence-electron chi connectivity index (χ2n) is 7.27. The minimum atomic E-state index is -0.171. The predicted molar refractivity (Wildman–Crippen MR) is 105 cm³/mol. The third kappa shape index (κ3) is 6.92. The third-order valence-corrected chi connectivity index (χ3v) is 4.66. The van der Waals surface area contributed by atoms with Crippen LogP contribution in [-0.4, -0.2) is 62.3 Å². The van der Waals surface area contributed by atoms with Gasteiger partial charge in [0.25, 0.3) is 0 Å². The van der Waals surface area contributed by atoms with Crippen molar-refractivity contribution in [3.63, 3.8) is 0 Å². The molecule has 0 amide bonds. The first-order valence-corrected chi connectivity index (χ1v) is 9.60. The molecule has 0 unspecified atom stereocenters. The van der Waals surface area contributed by atoms with Gasteiger partial charge in [-0.15, -0.1) is 0 Å². The van der Waals surface area contributed by atoms with Crippen molar-refractivity contribution in [2.45, 2.75) is 39.2 Å². The number of nitrogens with one attached hydrogen (secondary N) is 2. The second-order valence-corrected chi connectivity index (χ2v) is 7.27. The van der Waals surface area contributed by atoms with Gasteiger partial charge in [-0.25, -0.2) is 4.39 Å². The Hall–Kier alpha value is -1.66. The normalized spacial score (nSPS) is 16.5. The largest absolute Gasteiger partial charge is 0.379 e. The summed E-state index contributed by atoms with van der Waals surface area (Å²) in [5.74, 6) is 0.670. The fourth-order valence-electron chi connectivity index (χ4n) is 3.07. The van der Waals surface area contributed by atoms with E-state index in [-0.39, 0.29) is 11.4 Å². The van der Waals surface area contributed by atoms with E-state index in [1.165, 1.54) is 6.07 Å². The van der Waals surface area contributed by atoms with Crippen LogP contribution in [0, 0.1) is 5.82 Å². The SMILES string of the molecule is CCNC(=NCC(C)(C)N1CCOCC1)NCCCc1cccc(F)c1. The van der Waals surface area contributed by atoms with Gasteiger partial charge in [0.05, 0.1) is 19.8 Å². The summed E-state index contributed by atoms with van der Waals surface area (Å²) in [5, 5.41) is 6.68. The molecule has 1 aromatic rings. The van der Waals surface area contributed by atoms with Crippen LogP contribution in [0.5, 0.6) is 0 Å². The van der Waals surface area contributed by atoms with E-state index in [2.05, 4.69) is 36.3 Å². The Morgan fingerprint density at radius 2 is 2.04 bits per heavy atom. The van der Waals surface area contributed by atoms with Crippen molar-refractivity contribution in [3.8, 4) is 0 Å². The van der Waals surface area contributed by atoms with E-state index >= 15 is 0 Å². The Balaban J connectivity index is 1.79. The van der Waals surface area contributed by atoms with Crippen molar-refractivity contribution in [1.82, 2.24) is 15.5 Å².